The fourth-order valence-electron chi connectivity index (χ4n) is 7.61. The lowest BCUT2D eigenvalue weighted by atomic mass is 10.0. The normalized spacial score (nSPS) is 12.0. The molecule has 0 aliphatic rings. The maximum atomic E-state index is 12.8. The highest BCUT2D eigenvalue weighted by Crippen LogP contribution is 2.16. The maximum absolute atomic E-state index is 12.8. The van der Waals surface area contributed by atoms with Crippen LogP contribution >= 0.6 is 0 Å². The quantitative estimate of drug-likeness (QED) is 0.0263. The average Bonchev–Trinajstić information content (AvgIpc) is 3.22. The second-order valence-electron chi connectivity index (χ2n) is 17.4. The Balaban J connectivity index is 4.33. The summed E-state index contributed by atoms with van der Waals surface area (Å²) < 4.78 is 16.8. The number of carbonyl (C=O) groups is 3. The first-order valence-electron chi connectivity index (χ1n) is 25.7. The van der Waals surface area contributed by atoms with Crippen molar-refractivity contribution in [3.05, 3.63) is 12.2 Å². The molecule has 58 heavy (non-hydrogen) atoms. The molecule has 0 amide bonds. The Morgan fingerprint density at radius 2 is 0.569 bits per heavy atom. The third-order valence-corrected chi connectivity index (χ3v) is 11.5. The molecule has 0 saturated heterocycles. The fraction of sp³-hybridized carbons (Fsp3) is 0.904. The molecule has 0 aromatic heterocycles. The van der Waals surface area contributed by atoms with Gasteiger partial charge in [-0.15, -0.1) is 0 Å². The van der Waals surface area contributed by atoms with Crippen LogP contribution in [0.15, 0.2) is 12.2 Å². The molecule has 0 aromatic carbocycles. The number of hydrogen-bond donors (Lipinski definition) is 0. The van der Waals surface area contributed by atoms with Crippen LogP contribution < -0.4 is 0 Å². The number of allylic oxidation sites excluding steroid dienone is 2. The van der Waals surface area contributed by atoms with Gasteiger partial charge >= 0.3 is 17.9 Å². The first-order valence-corrected chi connectivity index (χ1v) is 25.7. The van der Waals surface area contributed by atoms with Crippen molar-refractivity contribution < 1.29 is 28.6 Å². The van der Waals surface area contributed by atoms with Crippen molar-refractivity contribution in [1.82, 2.24) is 0 Å². The van der Waals surface area contributed by atoms with Gasteiger partial charge in [-0.2, -0.15) is 0 Å². The van der Waals surface area contributed by atoms with Crippen molar-refractivity contribution in [3.63, 3.8) is 0 Å². The van der Waals surface area contributed by atoms with E-state index in [0.29, 0.717) is 19.3 Å². The van der Waals surface area contributed by atoms with Gasteiger partial charge in [0.2, 0.25) is 0 Å². The Labute approximate surface area is 360 Å². The van der Waals surface area contributed by atoms with E-state index in [1.807, 2.05) is 0 Å². The molecule has 0 aromatic rings. The van der Waals surface area contributed by atoms with Crippen molar-refractivity contribution in [2.24, 2.45) is 0 Å². The highest BCUT2D eigenvalue weighted by Gasteiger charge is 2.19. The first kappa shape index (κ1) is 56.1. The van der Waals surface area contributed by atoms with Gasteiger partial charge in [0, 0.05) is 19.3 Å². The van der Waals surface area contributed by atoms with Crippen molar-refractivity contribution in [2.75, 3.05) is 13.2 Å². The molecule has 6 nitrogen and oxygen atoms in total. The minimum atomic E-state index is -0.766. The van der Waals surface area contributed by atoms with Crippen LogP contribution in [0.4, 0.5) is 0 Å². The Morgan fingerprint density at radius 3 is 0.879 bits per heavy atom. The zero-order valence-electron chi connectivity index (χ0n) is 39.1. The maximum Gasteiger partial charge on any atom is 0.306 e. The van der Waals surface area contributed by atoms with Gasteiger partial charge in [-0.1, -0.05) is 232 Å². The summed E-state index contributed by atoms with van der Waals surface area (Å²) in [4.78, 5) is 37.9. The van der Waals surface area contributed by atoms with E-state index in [1.54, 1.807) is 0 Å². The third kappa shape index (κ3) is 45.2. The minimum Gasteiger partial charge on any atom is -0.462 e. The summed E-state index contributed by atoms with van der Waals surface area (Å²) in [7, 11) is 0. The molecular weight excluding hydrogens is 721 g/mol. The number of ether oxygens (including phenoxy) is 3. The number of unbranched alkanes of at least 4 members (excludes halogenated alkanes) is 34. The molecule has 0 heterocycles. The molecular formula is C52H98O6. The summed E-state index contributed by atoms with van der Waals surface area (Å²) in [5, 5.41) is 0. The molecule has 0 radical (unpaired) electrons. The SMILES string of the molecule is CCCCCC/C=C\CCCCCCCC(=O)O[C@@H](COC(=O)CCCCCCCCCCCCCC)COC(=O)CCCCCCCCCCCCCCCCC. The van der Waals surface area contributed by atoms with Crippen LogP contribution in [-0.2, 0) is 28.6 Å². The molecule has 0 unspecified atom stereocenters. The van der Waals surface area contributed by atoms with E-state index in [2.05, 4.69) is 32.9 Å². The van der Waals surface area contributed by atoms with Crippen LogP contribution in [0.5, 0.6) is 0 Å². The van der Waals surface area contributed by atoms with Crippen LogP contribution in [0, 0.1) is 0 Å². The van der Waals surface area contributed by atoms with E-state index < -0.39 is 6.10 Å². The average molecular weight is 819 g/mol. The van der Waals surface area contributed by atoms with Crippen molar-refractivity contribution in [3.8, 4) is 0 Å². The van der Waals surface area contributed by atoms with E-state index in [4.69, 9.17) is 14.2 Å². The van der Waals surface area contributed by atoms with Gasteiger partial charge in [0.25, 0.3) is 0 Å². The standard InChI is InChI=1S/C52H98O6/c1-4-7-10-13-16-19-22-25-26-28-30-33-36-39-42-45-51(54)57-48-49(47-56-50(53)44-41-38-35-32-29-24-21-18-15-12-9-6-3)58-52(55)46-43-40-37-34-31-27-23-20-17-14-11-8-5-2/h20,23,49H,4-19,21-22,24-48H2,1-3H3/b23-20-/t49-/m0/s1. The van der Waals surface area contributed by atoms with Gasteiger partial charge in [0.15, 0.2) is 6.10 Å². The van der Waals surface area contributed by atoms with Gasteiger partial charge < -0.3 is 14.2 Å². The summed E-state index contributed by atoms with van der Waals surface area (Å²) >= 11 is 0. The lowest BCUT2D eigenvalue weighted by molar-refractivity contribution is -0.167. The summed E-state index contributed by atoms with van der Waals surface area (Å²) in [5.41, 5.74) is 0. The van der Waals surface area contributed by atoms with E-state index in [-0.39, 0.29) is 31.1 Å². The smallest absolute Gasteiger partial charge is 0.306 e. The largest absolute Gasteiger partial charge is 0.462 e. The van der Waals surface area contributed by atoms with Crippen molar-refractivity contribution in [2.45, 2.75) is 290 Å². The Bertz CT molecular complexity index is 900. The summed E-state index contributed by atoms with van der Waals surface area (Å²) in [6.45, 7) is 6.64. The topological polar surface area (TPSA) is 78.9 Å². The second-order valence-corrected chi connectivity index (χ2v) is 17.4. The lowest BCUT2D eigenvalue weighted by Crippen LogP contribution is -2.30. The number of esters is 3. The van der Waals surface area contributed by atoms with Gasteiger partial charge in [-0.3, -0.25) is 14.4 Å². The molecule has 0 spiro atoms. The molecule has 0 saturated carbocycles. The molecule has 0 N–H and O–H groups in total. The minimum absolute atomic E-state index is 0.0681. The van der Waals surface area contributed by atoms with Gasteiger partial charge in [-0.25, -0.2) is 0 Å². The predicted molar refractivity (Wildman–Crippen MR) is 247 cm³/mol. The van der Waals surface area contributed by atoms with E-state index in [1.165, 1.54) is 180 Å². The van der Waals surface area contributed by atoms with E-state index in [9.17, 15) is 14.4 Å². The third-order valence-electron chi connectivity index (χ3n) is 11.5. The summed E-state index contributed by atoms with van der Waals surface area (Å²) in [5.74, 6) is -0.861. The first-order chi connectivity index (χ1) is 28.5. The molecule has 0 fully saturated rings. The van der Waals surface area contributed by atoms with Gasteiger partial charge in [-0.05, 0) is 44.9 Å². The predicted octanol–water partition coefficient (Wildman–Crippen LogP) is 16.6. The van der Waals surface area contributed by atoms with E-state index >= 15 is 0 Å². The molecule has 1 atom stereocenters. The molecule has 0 aliphatic carbocycles. The second kappa shape index (κ2) is 47.8. The lowest BCUT2D eigenvalue weighted by Gasteiger charge is -2.18. The Kier molecular flexibility index (Phi) is 46.3. The van der Waals surface area contributed by atoms with Gasteiger partial charge in [0.1, 0.15) is 13.2 Å². The molecule has 0 rings (SSSR count). The zero-order chi connectivity index (χ0) is 42.3. The van der Waals surface area contributed by atoms with E-state index in [0.717, 1.165) is 64.2 Å². The van der Waals surface area contributed by atoms with Crippen LogP contribution in [0.2, 0.25) is 0 Å². The fourth-order valence-corrected chi connectivity index (χ4v) is 7.61. The molecule has 0 bridgehead atoms. The summed E-state index contributed by atoms with van der Waals surface area (Å²) in [6.07, 6.45) is 51.9. The van der Waals surface area contributed by atoms with Crippen LogP contribution in [0.1, 0.15) is 284 Å². The highest BCUT2D eigenvalue weighted by atomic mass is 16.6. The summed E-state index contributed by atoms with van der Waals surface area (Å²) in [6, 6.07) is 0. The Morgan fingerprint density at radius 1 is 0.328 bits per heavy atom. The Hall–Kier alpha value is -1.85. The van der Waals surface area contributed by atoms with Crippen LogP contribution in [0.25, 0.3) is 0 Å². The van der Waals surface area contributed by atoms with Crippen molar-refractivity contribution >= 4 is 17.9 Å². The number of hydrogen-bond acceptors (Lipinski definition) is 6. The van der Waals surface area contributed by atoms with Crippen LogP contribution in [0.3, 0.4) is 0 Å². The number of carbonyl (C=O) groups excluding carboxylic acids is 3. The van der Waals surface area contributed by atoms with Gasteiger partial charge in [0.05, 0.1) is 0 Å². The zero-order valence-corrected chi connectivity index (χ0v) is 39.1. The molecule has 342 valence electrons. The number of rotatable bonds is 47. The highest BCUT2D eigenvalue weighted by molar-refractivity contribution is 5.71. The molecule has 6 heteroatoms. The molecule has 0 aliphatic heterocycles. The van der Waals surface area contributed by atoms with Crippen LogP contribution in [-0.4, -0.2) is 37.2 Å². The van der Waals surface area contributed by atoms with Crippen molar-refractivity contribution in [1.29, 1.82) is 0 Å². The monoisotopic (exact) mass is 819 g/mol.